The molecular formula is C13H19N3OS. The number of thioether (sulfide) groups is 1. The van der Waals surface area contributed by atoms with Gasteiger partial charge in [0.25, 0.3) is 0 Å². The molecule has 0 aliphatic carbocycles. The van der Waals surface area contributed by atoms with Crippen molar-refractivity contribution in [1.29, 1.82) is 0 Å². The van der Waals surface area contributed by atoms with Crippen LogP contribution >= 0.6 is 11.8 Å². The number of nitrogens with zero attached hydrogens (tertiary/aromatic N) is 2. The van der Waals surface area contributed by atoms with Crippen molar-refractivity contribution in [3.05, 3.63) is 18.2 Å². The van der Waals surface area contributed by atoms with Gasteiger partial charge in [0.15, 0.2) is 0 Å². The maximum atomic E-state index is 6.01. The van der Waals surface area contributed by atoms with Crippen LogP contribution in [0.3, 0.4) is 0 Å². The first-order chi connectivity index (χ1) is 8.46. The molecule has 2 rings (SSSR count). The molecule has 0 amide bonds. The molecule has 0 radical (unpaired) electrons. The third-order valence-electron chi connectivity index (χ3n) is 3.08. The van der Waals surface area contributed by atoms with Crippen molar-refractivity contribution in [3.63, 3.8) is 0 Å². The van der Waals surface area contributed by atoms with E-state index in [2.05, 4.69) is 29.7 Å². The van der Waals surface area contributed by atoms with E-state index in [4.69, 9.17) is 10.5 Å². The van der Waals surface area contributed by atoms with E-state index in [9.17, 15) is 0 Å². The van der Waals surface area contributed by atoms with E-state index in [0.29, 0.717) is 5.95 Å². The van der Waals surface area contributed by atoms with Crippen molar-refractivity contribution in [2.75, 3.05) is 19.1 Å². The summed E-state index contributed by atoms with van der Waals surface area (Å²) in [7, 11) is 1.65. The number of fused-ring (bicyclic) bond motifs is 1. The van der Waals surface area contributed by atoms with Crippen LogP contribution in [0.2, 0.25) is 0 Å². The maximum absolute atomic E-state index is 6.01. The Morgan fingerprint density at radius 3 is 2.78 bits per heavy atom. The van der Waals surface area contributed by atoms with Crippen LogP contribution < -0.4 is 10.5 Å². The standard InChI is InChI=1S/C13H19N3OS/c1-13(2,18-4)8-16-11-6-5-9(17-3)7-10(11)15-12(16)14/h5-7H,8H2,1-4H3,(H2,14,15). The lowest BCUT2D eigenvalue weighted by molar-refractivity contribution is 0.415. The molecule has 0 unspecified atom stereocenters. The summed E-state index contributed by atoms with van der Waals surface area (Å²) in [5, 5.41) is 0. The fraction of sp³-hybridized carbons (Fsp3) is 0.462. The molecule has 98 valence electrons. The Labute approximate surface area is 112 Å². The lowest BCUT2D eigenvalue weighted by atomic mass is 10.2. The monoisotopic (exact) mass is 265 g/mol. The zero-order valence-electron chi connectivity index (χ0n) is 11.2. The van der Waals surface area contributed by atoms with Crippen molar-refractivity contribution >= 4 is 28.7 Å². The number of methoxy groups -OCH3 is 1. The van der Waals surface area contributed by atoms with Crippen molar-refractivity contribution in [2.24, 2.45) is 0 Å². The molecule has 18 heavy (non-hydrogen) atoms. The first-order valence-electron chi connectivity index (χ1n) is 5.82. The Morgan fingerprint density at radius 2 is 2.17 bits per heavy atom. The molecule has 1 aromatic carbocycles. The highest BCUT2D eigenvalue weighted by molar-refractivity contribution is 7.99. The van der Waals surface area contributed by atoms with Crippen LogP contribution in [0.15, 0.2) is 18.2 Å². The molecule has 1 heterocycles. The molecule has 5 heteroatoms. The van der Waals surface area contributed by atoms with Gasteiger partial charge in [0.1, 0.15) is 5.75 Å². The number of hydrogen-bond donors (Lipinski definition) is 1. The molecular weight excluding hydrogens is 246 g/mol. The van der Waals surface area contributed by atoms with Gasteiger partial charge in [-0.2, -0.15) is 11.8 Å². The van der Waals surface area contributed by atoms with Crippen molar-refractivity contribution in [3.8, 4) is 5.75 Å². The van der Waals surface area contributed by atoms with E-state index < -0.39 is 0 Å². The number of anilines is 1. The number of imidazole rings is 1. The molecule has 0 saturated carbocycles. The van der Waals surface area contributed by atoms with Gasteiger partial charge >= 0.3 is 0 Å². The van der Waals surface area contributed by atoms with Gasteiger partial charge in [-0.3, -0.25) is 0 Å². The number of nitrogens with two attached hydrogens (primary N) is 1. The highest BCUT2D eigenvalue weighted by Crippen LogP contribution is 2.29. The number of benzene rings is 1. The summed E-state index contributed by atoms with van der Waals surface area (Å²) in [6.45, 7) is 5.24. The SMILES string of the molecule is COc1ccc2c(c1)nc(N)n2CC(C)(C)SC. The summed E-state index contributed by atoms with van der Waals surface area (Å²) in [5.74, 6) is 1.36. The Kier molecular flexibility index (Phi) is 3.43. The second kappa shape index (κ2) is 4.72. The molecule has 0 aliphatic rings. The molecule has 0 fully saturated rings. The Balaban J connectivity index is 2.48. The fourth-order valence-corrected chi connectivity index (χ4v) is 2.12. The van der Waals surface area contributed by atoms with Crippen LogP contribution in [0.4, 0.5) is 5.95 Å². The topological polar surface area (TPSA) is 53.1 Å². The van der Waals surface area contributed by atoms with Crippen molar-refractivity contribution in [1.82, 2.24) is 9.55 Å². The Hall–Kier alpha value is -1.36. The van der Waals surface area contributed by atoms with Gasteiger partial charge in [0.2, 0.25) is 5.95 Å². The van der Waals surface area contributed by atoms with Gasteiger partial charge in [-0.25, -0.2) is 4.98 Å². The second-order valence-electron chi connectivity index (χ2n) is 4.87. The highest BCUT2D eigenvalue weighted by atomic mass is 32.2. The maximum Gasteiger partial charge on any atom is 0.201 e. The Bertz CT molecular complexity index is 563. The smallest absolute Gasteiger partial charge is 0.201 e. The first kappa shape index (κ1) is 13.1. The van der Waals surface area contributed by atoms with Crippen LogP contribution in [0, 0.1) is 0 Å². The largest absolute Gasteiger partial charge is 0.497 e. The van der Waals surface area contributed by atoms with Crippen LogP contribution in [0.25, 0.3) is 11.0 Å². The van der Waals surface area contributed by atoms with Crippen LogP contribution in [0.1, 0.15) is 13.8 Å². The molecule has 0 aliphatic heterocycles. The minimum Gasteiger partial charge on any atom is -0.497 e. The summed E-state index contributed by atoms with van der Waals surface area (Å²) in [6, 6.07) is 5.86. The predicted octanol–water partition coefficient (Wildman–Crippen LogP) is 2.77. The summed E-state index contributed by atoms with van der Waals surface area (Å²) < 4.78 is 7.39. The number of rotatable bonds is 4. The minimum absolute atomic E-state index is 0.127. The van der Waals surface area contributed by atoms with E-state index in [0.717, 1.165) is 23.3 Å². The number of nitrogen functional groups attached to an aromatic ring is 1. The lowest BCUT2D eigenvalue weighted by Gasteiger charge is -2.23. The summed E-state index contributed by atoms with van der Waals surface area (Å²) in [6.07, 6.45) is 2.11. The van der Waals surface area contributed by atoms with Gasteiger partial charge in [-0.15, -0.1) is 0 Å². The zero-order chi connectivity index (χ0) is 13.3. The highest BCUT2D eigenvalue weighted by Gasteiger charge is 2.20. The molecule has 2 aromatic rings. The van der Waals surface area contributed by atoms with Gasteiger partial charge in [0, 0.05) is 17.4 Å². The third-order valence-corrected chi connectivity index (χ3v) is 4.31. The summed E-state index contributed by atoms with van der Waals surface area (Å²) in [4.78, 5) is 4.39. The average Bonchev–Trinajstić information content (AvgIpc) is 2.64. The number of ether oxygens (including phenoxy) is 1. The first-order valence-corrected chi connectivity index (χ1v) is 7.04. The van der Waals surface area contributed by atoms with Gasteiger partial charge in [-0.1, -0.05) is 0 Å². The van der Waals surface area contributed by atoms with Gasteiger partial charge < -0.3 is 15.0 Å². The third kappa shape index (κ3) is 2.41. The van der Waals surface area contributed by atoms with Gasteiger partial charge in [-0.05, 0) is 32.2 Å². The molecule has 0 bridgehead atoms. The molecule has 0 atom stereocenters. The van der Waals surface area contributed by atoms with Crippen LogP contribution in [-0.2, 0) is 6.54 Å². The van der Waals surface area contributed by atoms with E-state index >= 15 is 0 Å². The van der Waals surface area contributed by atoms with Crippen LogP contribution in [0.5, 0.6) is 5.75 Å². The molecule has 4 nitrogen and oxygen atoms in total. The minimum atomic E-state index is 0.127. The second-order valence-corrected chi connectivity index (χ2v) is 6.39. The number of hydrogen-bond acceptors (Lipinski definition) is 4. The molecule has 2 N–H and O–H groups in total. The average molecular weight is 265 g/mol. The van der Waals surface area contributed by atoms with Crippen LogP contribution in [-0.4, -0.2) is 27.7 Å². The van der Waals surface area contributed by atoms with E-state index in [1.807, 2.05) is 30.0 Å². The predicted molar refractivity (Wildman–Crippen MR) is 78.3 cm³/mol. The fourth-order valence-electron chi connectivity index (χ4n) is 1.87. The lowest BCUT2D eigenvalue weighted by Crippen LogP contribution is -2.23. The number of aromatic nitrogens is 2. The van der Waals surface area contributed by atoms with Gasteiger partial charge in [0.05, 0.1) is 18.1 Å². The summed E-state index contributed by atoms with van der Waals surface area (Å²) in [5.41, 5.74) is 7.94. The molecule has 1 aromatic heterocycles. The van der Waals surface area contributed by atoms with Crippen molar-refractivity contribution in [2.45, 2.75) is 25.1 Å². The molecule has 0 spiro atoms. The van der Waals surface area contributed by atoms with E-state index in [1.165, 1.54) is 0 Å². The molecule has 0 saturated heterocycles. The van der Waals surface area contributed by atoms with Crippen molar-refractivity contribution < 1.29 is 4.74 Å². The Morgan fingerprint density at radius 1 is 1.44 bits per heavy atom. The quantitative estimate of drug-likeness (QED) is 0.923. The normalized spacial score (nSPS) is 12.0. The zero-order valence-corrected chi connectivity index (χ0v) is 12.0. The van der Waals surface area contributed by atoms with E-state index in [1.54, 1.807) is 7.11 Å². The summed E-state index contributed by atoms with van der Waals surface area (Å²) >= 11 is 1.82. The van der Waals surface area contributed by atoms with E-state index in [-0.39, 0.29) is 4.75 Å².